The van der Waals surface area contributed by atoms with Gasteiger partial charge in [-0.25, -0.2) is 0 Å². The van der Waals surface area contributed by atoms with E-state index >= 15 is 0 Å². The molecule has 3 aliphatic heterocycles. The number of fused-ring (bicyclic) bond motifs is 6. The van der Waals surface area contributed by atoms with Crippen LogP contribution in [0.4, 0.5) is 0 Å². The Balaban J connectivity index is 0.000000155. The van der Waals surface area contributed by atoms with Crippen LogP contribution in [0.2, 0.25) is 41.0 Å². The van der Waals surface area contributed by atoms with Gasteiger partial charge in [-0.15, -0.1) is 0 Å². The molecule has 596 valence electrons. The van der Waals surface area contributed by atoms with Crippen molar-refractivity contribution in [2.75, 3.05) is 0 Å². The number of benzene rings is 11. The van der Waals surface area contributed by atoms with Crippen molar-refractivity contribution in [2.24, 2.45) is 0 Å². The summed E-state index contributed by atoms with van der Waals surface area (Å²) in [5, 5.41) is 8.84. The van der Waals surface area contributed by atoms with E-state index in [9.17, 15) is 0 Å². The van der Waals surface area contributed by atoms with Crippen LogP contribution in [0.25, 0.3) is 43.4 Å². The van der Waals surface area contributed by atoms with Gasteiger partial charge in [-0.2, -0.15) is 0 Å². The second-order valence-electron chi connectivity index (χ2n) is 38.9. The zero-order chi connectivity index (χ0) is 82.7. The molecule has 0 unspecified atom stereocenters. The molecule has 0 amide bonds. The van der Waals surface area contributed by atoms with Gasteiger partial charge in [0.1, 0.15) is 0 Å². The Morgan fingerprint density at radius 2 is 0.688 bits per heavy atom. The van der Waals surface area contributed by atoms with Crippen molar-refractivity contribution in [1.82, 2.24) is 0 Å². The molecular formula is C106H141Bi3Sb2Te. The topological polar surface area (TPSA) is 0 Å². The fourth-order valence-corrected chi connectivity index (χ4v) is 54.7. The van der Waals surface area contributed by atoms with E-state index in [1.165, 1.54) is 141 Å². The van der Waals surface area contributed by atoms with Crippen molar-refractivity contribution >= 4 is 186 Å². The second kappa shape index (κ2) is 38.8. The van der Waals surface area contributed by atoms with E-state index in [4.69, 9.17) is 0 Å². The van der Waals surface area contributed by atoms with E-state index in [1.54, 1.807) is 55.1 Å². The first-order valence-corrected chi connectivity index (χ1v) is 76.9. The van der Waals surface area contributed by atoms with Gasteiger partial charge in [0, 0.05) is 0 Å². The molecular weight excluding hydrogens is 2270 g/mol. The second-order valence-corrected chi connectivity index (χ2v) is 81.8. The third-order valence-electron chi connectivity index (χ3n) is 23.6. The molecule has 6 heteroatoms. The third-order valence-corrected chi connectivity index (χ3v) is 62.8. The standard InChI is InChI=1S/C16H20Te.2C15H17.C12H8.3C12H17.2C4H8.4CH3.3Bi.2Sb/c1-11-12-8-6-7-9-13(12)15(17-5)10-14(11)16(2,3)4;2*1-11-13-8-6-5-7-12(13)9-10-14(11)15(2,3)4;1-3-7-11(8-4-1)12-9-5-2-6-10-12;3*1-9-7-6-8-11(10(9)2)12(3,4)5;2*1-3-4-2;;;;;;;;;/h6-10H,1-5H3;2*5-8,10H,1-4H3;1-7,9H;3*7-8H,1-5H3;2*1-4H2;4*1H3;;;;;. The molecule has 0 aromatic heterocycles. The molecule has 11 aromatic rings. The van der Waals surface area contributed by atoms with E-state index in [0.29, 0.717) is 10.8 Å². The van der Waals surface area contributed by atoms with Gasteiger partial charge in [0.2, 0.25) is 0 Å². The van der Waals surface area contributed by atoms with Gasteiger partial charge in [-0.3, -0.25) is 0 Å². The van der Waals surface area contributed by atoms with Crippen molar-refractivity contribution in [3.8, 4) is 11.1 Å². The first-order valence-electron chi connectivity index (χ1n) is 41.6. The van der Waals surface area contributed by atoms with Gasteiger partial charge >= 0.3 is 742 Å². The zero-order valence-electron chi connectivity index (χ0n) is 75.5. The summed E-state index contributed by atoms with van der Waals surface area (Å²) in [6.07, 6.45) is 6.02. The average Bonchev–Trinajstić information content (AvgIpc) is 1.59. The fraction of sp³-hybridized carbons (Fsp3) is 0.434. The Morgan fingerprint density at radius 1 is 0.348 bits per heavy atom. The molecule has 0 atom stereocenters. The molecule has 2 saturated heterocycles. The molecule has 2 fully saturated rings. The minimum absolute atomic E-state index is 0.0474. The van der Waals surface area contributed by atoms with E-state index < -0.39 is 106 Å². The van der Waals surface area contributed by atoms with Crippen LogP contribution < -0.4 is 27.0 Å². The number of hydrogen-bond acceptors (Lipinski definition) is 0. The van der Waals surface area contributed by atoms with Crippen LogP contribution in [0.1, 0.15) is 234 Å². The summed E-state index contributed by atoms with van der Waals surface area (Å²) >= 11 is -7.20. The molecule has 112 heavy (non-hydrogen) atoms. The van der Waals surface area contributed by atoms with Crippen LogP contribution in [-0.2, 0) is 32.5 Å². The molecule has 0 bridgehead atoms. The molecule has 3 heterocycles. The van der Waals surface area contributed by atoms with E-state index in [2.05, 4.69) is 387 Å². The normalized spacial score (nSPS) is 14.2. The minimum atomic E-state index is -2.19. The zero-order valence-corrected chi connectivity index (χ0v) is 93.4. The van der Waals surface area contributed by atoms with Crippen LogP contribution in [0.5, 0.6) is 0 Å². The first-order chi connectivity index (χ1) is 52.3. The van der Waals surface area contributed by atoms with E-state index in [1.807, 2.05) is 0 Å². The number of rotatable bonds is 6. The average molecular weight is 2410 g/mol. The monoisotopic (exact) mass is 2410 g/mol. The Labute approximate surface area is 733 Å². The molecule has 0 nitrogen and oxygen atoms in total. The van der Waals surface area contributed by atoms with Crippen LogP contribution in [0.15, 0.2) is 176 Å². The van der Waals surface area contributed by atoms with Crippen molar-refractivity contribution < 1.29 is 0 Å². The Hall–Kier alpha value is -2.72. The summed E-state index contributed by atoms with van der Waals surface area (Å²) in [5.41, 5.74) is 27.1. The first kappa shape index (κ1) is 93.1. The predicted octanol–water partition coefficient (Wildman–Crippen LogP) is 24.9. The fourth-order valence-electron chi connectivity index (χ4n) is 17.2. The summed E-state index contributed by atoms with van der Waals surface area (Å²) in [6, 6.07) is 67.6. The maximum absolute atomic E-state index is 2.57. The van der Waals surface area contributed by atoms with Crippen molar-refractivity contribution in [1.29, 1.82) is 0 Å². The van der Waals surface area contributed by atoms with E-state index in [0.717, 1.165) is 0 Å². The molecule has 11 aromatic carbocycles. The Morgan fingerprint density at radius 3 is 1.12 bits per heavy atom. The molecule has 0 aliphatic carbocycles. The Bertz CT molecular complexity index is 4870. The van der Waals surface area contributed by atoms with Gasteiger partial charge in [-0.05, 0) is 0 Å². The van der Waals surface area contributed by atoms with Crippen LogP contribution in [-0.4, -0.2) is 127 Å². The van der Waals surface area contributed by atoms with Crippen molar-refractivity contribution in [3.63, 3.8) is 0 Å². The quantitative estimate of drug-likeness (QED) is 0.146. The summed E-state index contributed by atoms with van der Waals surface area (Å²) in [7, 11) is 0. The number of aryl methyl sites for hydroxylation is 6. The Kier molecular flexibility index (Phi) is 32.2. The summed E-state index contributed by atoms with van der Waals surface area (Å²) < 4.78 is 24.7. The molecule has 0 saturated carbocycles. The van der Waals surface area contributed by atoms with Gasteiger partial charge in [-0.1, -0.05) is 0 Å². The number of hydrogen-bond donors (Lipinski definition) is 0. The van der Waals surface area contributed by atoms with E-state index in [-0.39, 0.29) is 42.6 Å². The van der Waals surface area contributed by atoms with Gasteiger partial charge in [0.15, 0.2) is 0 Å². The van der Waals surface area contributed by atoms with Crippen LogP contribution in [0, 0.1) is 62.3 Å². The molecule has 0 N–H and O–H groups in total. The van der Waals surface area contributed by atoms with Gasteiger partial charge in [0.05, 0.1) is 0 Å². The molecule has 3 aliphatic rings. The van der Waals surface area contributed by atoms with Gasteiger partial charge in [0.25, 0.3) is 0 Å². The third kappa shape index (κ3) is 22.5. The van der Waals surface area contributed by atoms with Gasteiger partial charge < -0.3 is 0 Å². The molecule has 14 rings (SSSR count). The maximum atomic E-state index is 2.57. The van der Waals surface area contributed by atoms with Crippen molar-refractivity contribution in [3.05, 3.63) is 259 Å². The van der Waals surface area contributed by atoms with Crippen LogP contribution in [0.3, 0.4) is 0 Å². The van der Waals surface area contributed by atoms with Crippen LogP contribution >= 0.6 is 0 Å². The SMILES string of the molecule is C[Te]c1cc(C(C)(C)C)c(C)c2ccccc12.Cc1c(C(C)(C)C)c[c]([Bi]([CH3])[CH3])c2ccccc12.Cc1c(C(C)(C)C)c[c]([Sb]([CH3])[CH3])c2ccccc12.Cc1c[c]([Bi]2[CH2]CC[CH2]2)cc(C(C)(C)C)c1C.Cc1c[c]([Bi]2[c]3ccccc3-c3cccc[c]32)cc(C(C)(C)C)c1C.Cc1c[c]([Sb]2[CH2]CC[CH2]2)cc(C(C)(C)C)c1C. The summed E-state index contributed by atoms with van der Waals surface area (Å²) in [6.45, 7) is 62.5. The van der Waals surface area contributed by atoms with Crippen molar-refractivity contribution in [2.45, 2.75) is 286 Å². The summed E-state index contributed by atoms with van der Waals surface area (Å²) in [4.78, 5) is 7.30. The summed E-state index contributed by atoms with van der Waals surface area (Å²) in [5.74, 6) is 0. The molecule has 0 spiro atoms. The predicted molar refractivity (Wildman–Crippen MR) is 516 cm³/mol. The molecule has 0 radical (unpaired) electrons.